The van der Waals surface area contributed by atoms with E-state index in [1.54, 1.807) is 24.3 Å². The maximum absolute atomic E-state index is 13.3. The molecule has 110 valence electrons. The van der Waals surface area contributed by atoms with E-state index < -0.39 is 27.2 Å². The van der Waals surface area contributed by atoms with Crippen LogP contribution in [0, 0.1) is 5.82 Å². The molecule has 21 heavy (non-hydrogen) atoms. The van der Waals surface area contributed by atoms with Crippen molar-refractivity contribution < 1.29 is 22.7 Å². The summed E-state index contributed by atoms with van der Waals surface area (Å²) in [6, 6.07) is 9.54. The van der Waals surface area contributed by atoms with Gasteiger partial charge in [-0.3, -0.25) is 0 Å². The van der Waals surface area contributed by atoms with Crippen molar-refractivity contribution >= 4 is 31.7 Å². The van der Waals surface area contributed by atoms with Gasteiger partial charge < -0.3 is 5.11 Å². The zero-order chi connectivity index (χ0) is 15.6. The van der Waals surface area contributed by atoms with E-state index in [-0.39, 0.29) is 10.6 Å². The molecule has 0 saturated heterocycles. The summed E-state index contributed by atoms with van der Waals surface area (Å²) in [5, 5.41) is 8.85. The molecule has 2 rings (SSSR count). The topological polar surface area (TPSA) is 71.4 Å². The van der Waals surface area contributed by atoms with Crippen LogP contribution in [0.3, 0.4) is 0 Å². The summed E-state index contributed by atoms with van der Waals surface area (Å²) in [4.78, 5) is 10.6. The van der Waals surface area contributed by atoms with Crippen LogP contribution in [0.25, 0.3) is 0 Å². The highest BCUT2D eigenvalue weighted by Gasteiger charge is 2.20. The summed E-state index contributed by atoms with van der Waals surface area (Å²) in [6.07, 6.45) is 0. The largest absolute Gasteiger partial charge is 0.478 e. The molecule has 1 N–H and O–H groups in total. The Labute approximate surface area is 129 Å². The second kappa shape index (κ2) is 5.95. The van der Waals surface area contributed by atoms with Gasteiger partial charge in [-0.05, 0) is 29.8 Å². The molecular weight excluding hydrogens is 363 g/mol. The molecule has 7 heteroatoms. The second-order valence-corrected chi connectivity index (χ2v) is 7.14. The van der Waals surface area contributed by atoms with Crippen LogP contribution in [0.1, 0.15) is 15.9 Å². The number of halogens is 2. The molecule has 0 fully saturated rings. The molecule has 0 aliphatic carbocycles. The lowest BCUT2D eigenvalue weighted by atomic mass is 10.2. The standard InChI is InChI=1S/C14H10BrFO4S/c15-12-4-2-1-3-9(12)8-21(19,20)10-5-6-13(16)11(7-10)14(17)18/h1-7H,8H2,(H,17,18). The molecule has 4 nitrogen and oxygen atoms in total. The van der Waals surface area contributed by atoms with Crippen molar-refractivity contribution in [1.82, 2.24) is 0 Å². The second-order valence-electron chi connectivity index (χ2n) is 4.30. The third-order valence-electron chi connectivity index (χ3n) is 2.83. The average molecular weight is 373 g/mol. The van der Waals surface area contributed by atoms with Gasteiger partial charge in [0.1, 0.15) is 5.82 Å². The number of carbonyl (C=O) groups is 1. The van der Waals surface area contributed by atoms with Crippen molar-refractivity contribution in [1.29, 1.82) is 0 Å². The SMILES string of the molecule is O=C(O)c1cc(S(=O)(=O)Cc2ccccc2Br)ccc1F. The zero-order valence-electron chi connectivity index (χ0n) is 10.6. The number of hydrogen-bond donors (Lipinski definition) is 1. The molecule has 0 aliphatic rings. The predicted molar refractivity (Wildman–Crippen MR) is 78.4 cm³/mol. The van der Waals surface area contributed by atoms with Gasteiger partial charge in [-0.1, -0.05) is 34.1 Å². The fourth-order valence-corrected chi connectivity index (χ4v) is 3.78. The highest BCUT2D eigenvalue weighted by atomic mass is 79.9. The fourth-order valence-electron chi connectivity index (χ4n) is 1.77. The quantitative estimate of drug-likeness (QED) is 0.836. The Kier molecular flexibility index (Phi) is 4.43. The summed E-state index contributed by atoms with van der Waals surface area (Å²) in [5.41, 5.74) is -0.123. The van der Waals surface area contributed by atoms with Gasteiger partial charge in [-0.25, -0.2) is 17.6 Å². The van der Waals surface area contributed by atoms with Crippen molar-refractivity contribution in [2.75, 3.05) is 0 Å². The van der Waals surface area contributed by atoms with Gasteiger partial charge in [-0.2, -0.15) is 0 Å². The lowest BCUT2D eigenvalue weighted by Gasteiger charge is -2.07. The maximum Gasteiger partial charge on any atom is 0.338 e. The normalized spacial score (nSPS) is 11.3. The van der Waals surface area contributed by atoms with Crippen molar-refractivity contribution in [3.8, 4) is 0 Å². The van der Waals surface area contributed by atoms with Crippen LogP contribution in [0.4, 0.5) is 4.39 Å². The van der Waals surface area contributed by atoms with Crippen molar-refractivity contribution in [3.05, 3.63) is 63.9 Å². The average Bonchev–Trinajstić information content (AvgIpc) is 2.41. The van der Waals surface area contributed by atoms with Gasteiger partial charge in [0.15, 0.2) is 9.84 Å². The molecule has 0 unspecified atom stereocenters. The molecule has 0 heterocycles. The van der Waals surface area contributed by atoms with Crippen LogP contribution in [0.5, 0.6) is 0 Å². The number of carboxylic acid groups (broad SMARTS) is 1. The van der Waals surface area contributed by atoms with Crippen LogP contribution >= 0.6 is 15.9 Å². The molecule has 2 aromatic rings. The third kappa shape index (κ3) is 3.48. The van der Waals surface area contributed by atoms with Crippen molar-refractivity contribution in [3.63, 3.8) is 0 Å². The van der Waals surface area contributed by atoms with E-state index in [2.05, 4.69) is 15.9 Å². The van der Waals surface area contributed by atoms with Crippen molar-refractivity contribution in [2.45, 2.75) is 10.6 Å². The Morgan fingerprint density at radius 2 is 1.86 bits per heavy atom. The number of carboxylic acids is 1. The summed E-state index contributed by atoms with van der Waals surface area (Å²) in [6.45, 7) is 0. The molecule has 0 amide bonds. The van der Waals surface area contributed by atoms with Crippen LogP contribution in [-0.2, 0) is 15.6 Å². The maximum atomic E-state index is 13.3. The Hall–Kier alpha value is -1.73. The van der Waals surface area contributed by atoms with Gasteiger partial charge >= 0.3 is 5.97 Å². The highest BCUT2D eigenvalue weighted by Crippen LogP contribution is 2.23. The number of rotatable bonds is 4. The molecule has 0 aliphatic heterocycles. The van der Waals surface area contributed by atoms with E-state index in [0.717, 1.165) is 18.2 Å². The van der Waals surface area contributed by atoms with Crippen LogP contribution < -0.4 is 0 Å². The molecule has 0 saturated carbocycles. The first kappa shape index (κ1) is 15.7. The Morgan fingerprint density at radius 1 is 1.19 bits per heavy atom. The first-order chi connectivity index (χ1) is 9.81. The molecule has 0 bridgehead atoms. The van der Waals surface area contributed by atoms with Gasteiger partial charge in [0.05, 0.1) is 16.2 Å². The highest BCUT2D eigenvalue weighted by molar-refractivity contribution is 9.10. The number of aromatic carboxylic acids is 1. The Balaban J connectivity index is 2.43. The first-order valence-corrected chi connectivity index (χ1v) is 8.25. The molecule has 0 aromatic heterocycles. The van der Waals surface area contributed by atoms with Crippen LogP contribution in [0.2, 0.25) is 0 Å². The van der Waals surface area contributed by atoms with E-state index in [1.165, 1.54) is 0 Å². The zero-order valence-corrected chi connectivity index (χ0v) is 13.0. The molecule has 2 aromatic carbocycles. The van der Waals surface area contributed by atoms with Crippen molar-refractivity contribution in [2.24, 2.45) is 0 Å². The number of sulfone groups is 1. The number of hydrogen-bond acceptors (Lipinski definition) is 3. The van der Waals surface area contributed by atoms with Gasteiger partial charge in [0, 0.05) is 4.47 Å². The van der Waals surface area contributed by atoms with Crippen LogP contribution in [0.15, 0.2) is 51.8 Å². The summed E-state index contributed by atoms with van der Waals surface area (Å²) < 4.78 is 38.6. The molecular formula is C14H10BrFO4S. The van der Waals surface area contributed by atoms with E-state index in [4.69, 9.17) is 5.11 Å². The van der Waals surface area contributed by atoms with E-state index in [1.807, 2.05) is 0 Å². The van der Waals surface area contributed by atoms with E-state index in [0.29, 0.717) is 10.0 Å². The van der Waals surface area contributed by atoms with Gasteiger partial charge in [0.25, 0.3) is 0 Å². The summed E-state index contributed by atoms with van der Waals surface area (Å²) in [7, 11) is -3.77. The minimum absolute atomic E-state index is 0.225. The monoisotopic (exact) mass is 372 g/mol. The van der Waals surface area contributed by atoms with E-state index >= 15 is 0 Å². The molecule has 0 spiro atoms. The predicted octanol–water partition coefficient (Wildman–Crippen LogP) is 3.26. The molecule has 0 radical (unpaired) electrons. The van der Waals surface area contributed by atoms with Gasteiger partial charge in [0.2, 0.25) is 0 Å². The minimum Gasteiger partial charge on any atom is -0.478 e. The summed E-state index contributed by atoms with van der Waals surface area (Å²) in [5.74, 6) is -2.79. The number of benzene rings is 2. The molecule has 0 atom stereocenters. The first-order valence-electron chi connectivity index (χ1n) is 5.80. The van der Waals surface area contributed by atoms with E-state index in [9.17, 15) is 17.6 Å². The lowest BCUT2D eigenvalue weighted by molar-refractivity contribution is 0.0691. The van der Waals surface area contributed by atoms with Gasteiger partial charge in [-0.15, -0.1) is 0 Å². The Morgan fingerprint density at radius 3 is 2.48 bits per heavy atom. The minimum atomic E-state index is -3.77. The van der Waals surface area contributed by atoms with Crippen LogP contribution in [-0.4, -0.2) is 19.5 Å². The Bertz CT molecular complexity index is 802. The summed E-state index contributed by atoms with van der Waals surface area (Å²) >= 11 is 3.25. The smallest absolute Gasteiger partial charge is 0.338 e. The fraction of sp³-hybridized carbons (Fsp3) is 0.0714. The lowest BCUT2D eigenvalue weighted by Crippen LogP contribution is -2.08. The third-order valence-corrected chi connectivity index (χ3v) is 5.27.